The van der Waals surface area contributed by atoms with Crippen molar-refractivity contribution in [3.8, 4) is 22.6 Å². The van der Waals surface area contributed by atoms with Crippen LogP contribution in [0.2, 0.25) is 0 Å². The minimum atomic E-state index is -0.893. The Kier molecular flexibility index (Phi) is 6.57. The third-order valence-electron chi connectivity index (χ3n) is 12.1. The smallest absolute Gasteiger partial charge is 0.328 e. The van der Waals surface area contributed by atoms with Crippen molar-refractivity contribution in [3.05, 3.63) is 135 Å². The number of ether oxygens (including phenoxy) is 2. The molecule has 2 heterocycles. The Morgan fingerprint density at radius 2 is 1.33 bits per heavy atom. The van der Waals surface area contributed by atoms with Gasteiger partial charge >= 0.3 is 5.69 Å². The van der Waals surface area contributed by atoms with Gasteiger partial charge in [-0.1, -0.05) is 100.0 Å². The number of nitrogens with zero attached hydrogens (tertiary/aromatic N) is 2. The fraction of sp³-hybridized carbons (Fsp3) is 0.326. The van der Waals surface area contributed by atoms with Gasteiger partial charge < -0.3 is 9.47 Å². The summed E-state index contributed by atoms with van der Waals surface area (Å²) in [6.45, 7) is 11.9. The molecule has 1 atom stereocenters. The average molecular weight is 675 g/mol. The molecule has 1 aromatic heterocycles. The summed E-state index contributed by atoms with van der Waals surface area (Å²) < 4.78 is 16.8. The van der Waals surface area contributed by atoms with Gasteiger partial charge in [0, 0.05) is 41.6 Å². The first-order valence-corrected chi connectivity index (χ1v) is 18.2. The number of hydrogen-bond acceptors (Lipinski definition) is 3. The Bertz CT molecular complexity index is 2490. The van der Waals surface area contributed by atoms with E-state index in [2.05, 4.69) is 120 Å². The van der Waals surface area contributed by atoms with Gasteiger partial charge in [0.05, 0.1) is 18.1 Å². The zero-order chi connectivity index (χ0) is 35.7. The molecule has 0 saturated heterocycles. The van der Waals surface area contributed by atoms with Crippen LogP contribution in [-0.4, -0.2) is 16.2 Å². The molecule has 5 nitrogen and oxygen atoms in total. The Morgan fingerprint density at radius 3 is 1.96 bits per heavy atom. The van der Waals surface area contributed by atoms with E-state index < -0.39 is 5.60 Å². The average Bonchev–Trinajstić information content (AvgIpc) is 3.48. The Morgan fingerprint density at radius 1 is 0.745 bits per heavy atom. The number of benzene rings is 5. The number of fused-ring (bicyclic) bond motifs is 11. The highest BCUT2D eigenvalue weighted by molar-refractivity contribution is 6.12. The summed E-state index contributed by atoms with van der Waals surface area (Å²) >= 11 is 0. The monoisotopic (exact) mass is 674 g/mol. The molecule has 1 fully saturated rings. The van der Waals surface area contributed by atoms with Gasteiger partial charge in [-0.05, 0) is 95.0 Å². The van der Waals surface area contributed by atoms with Gasteiger partial charge in [0.1, 0.15) is 11.5 Å². The maximum absolute atomic E-state index is 13.4. The van der Waals surface area contributed by atoms with E-state index in [9.17, 15) is 4.79 Å². The van der Waals surface area contributed by atoms with Crippen LogP contribution in [0.15, 0.2) is 95.8 Å². The van der Waals surface area contributed by atoms with Gasteiger partial charge in [0.25, 0.3) is 0 Å². The summed E-state index contributed by atoms with van der Waals surface area (Å²) in [7, 11) is 5.44. The van der Waals surface area contributed by atoms with E-state index in [0.717, 1.165) is 62.8 Å². The number of hydrogen-bond donors (Lipinski definition) is 0. The molecule has 0 N–H and O–H groups in total. The lowest BCUT2D eigenvalue weighted by Gasteiger charge is -2.52. The lowest BCUT2D eigenvalue weighted by molar-refractivity contribution is 0.0642. The van der Waals surface area contributed by atoms with Gasteiger partial charge in [-0.2, -0.15) is 0 Å². The molecule has 6 aromatic rings. The van der Waals surface area contributed by atoms with Crippen LogP contribution in [0.4, 0.5) is 0 Å². The van der Waals surface area contributed by atoms with Crippen LogP contribution in [0, 0.1) is 17.8 Å². The van der Waals surface area contributed by atoms with Crippen LogP contribution in [0.5, 0.6) is 11.5 Å². The number of rotatable bonds is 3. The van der Waals surface area contributed by atoms with Crippen molar-refractivity contribution in [2.75, 3.05) is 7.11 Å². The molecule has 258 valence electrons. The maximum Gasteiger partial charge on any atom is 0.328 e. The van der Waals surface area contributed by atoms with Crippen molar-refractivity contribution in [3.63, 3.8) is 0 Å². The van der Waals surface area contributed by atoms with Gasteiger partial charge in [-0.25, -0.2) is 4.79 Å². The molecule has 2 aliphatic carbocycles. The highest BCUT2D eigenvalue weighted by Crippen LogP contribution is 2.67. The number of aryl methyl sites for hydroxylation is 3. The van der Waals surface area contributed by atoms with Crippen molar-refractivity contribution >= 4 is 27.9 Å². The first-order valence-electron chi connectivity index (χ1n) is 18.2. The van der Waals surface area contributed by atoms with Crippen molar-refractivity contribution < 1.29 is 9.47 Å². The molecule has 0 amide bonds. The first-order chi connectivity index (χ1) is 24.3. The first kappa shape index (κ1) is 31.9. The summed E-state index contributed by atoms with van der Waals surface area (Å²) in [4.78, 5) is 13.4. The number of methoxy groups -OCH3 is 1. The van der Waals surface area contributed by atoms with E-state index in [0.29, 0.717) is 0 Å². The van der Waals surface area contributed by atoms with Crippen LogP contribution in [0.1, 0.15) is 80.3 Å². The molecule has 1 unspecified atom stereocenters. The van der Waals surface area contributed by atoms with E-state index in [-0.39, 0.29) is 21.9 Å². The molecule has 1 spiro atoms. The van der Waals surface area contributed by atoms with E-state index in [4.69, 9.17) is 9.47 Å². The largest absolute Gasteiger partial charge is 0.497 e. The minimum absolute atomic E-state index is 0.0356. The standard InChI is InChI=1S/C46H46N2O3/c1-28-13-15-29(16-14-28)46(30-17-19-31(50-8)20-18-30)22-21-33-40-39(34-23-37-38(24-35(34)41(33)51-46)48(7)42(49)47(37)6)32-11-9-10-12-36(32)45(40)26-43(2,3)25-44(4,5)27-45/h9-24H,25-27H2,1-8H3. The Hall–Kier alpha value is -5.03. The van der Waals surface area contributed by atoms with Crippen molar-refractivity contribution in [1.82, 2.24) is 9.13 Å². The predicted octanol–water partition coefficient (Wildman–Crippen LogP) is 10.2. The molecule has 1 saturated carbocycles. The second-order valence-corrected chi connectivity index (χ2v) is 17.0. The zero-order valence-corrected chi connectivity index (χ0v) is 31.0. The highest BCUT2D eigenvalue weighted by Gasteiger charge is 2.55. The third kappa shape index (κ3) is 4.43. The van der Waals surface area contributed by atoms with Crippen LogP contribution in [0.3, 0.4) is 0 Å². The molecule has 5 heteroatoms. The quantitative estimate of drug-likeness (QED) is 0.188. The summed E-state index contributed by atoms with van der Waals surface area (Å²) in [5.41, 5.74) is 10.7. The summed E-state index contributed by atoms with van der Waals surface area (Å²) in [6.07, 6.45) is 7.90. The summed E-state index contributed by atoms with van der Waals surface area (Å²) in [5, 5.41) is 2.15. The summed E-state index contributed by atoms with van der Waals surface area (Å²) in [5.74, 6) is 1.67. The van der Waals surface area contributed by atoms with Crippen LogP contribution >= 0.6 is 0 Å². The second-order valence-electron chi connectivity index (χ2n) is 17.0. The number of imidazole rings is 1. The third-order valence-corrected chi connectivity index (χ3v) is 12.1. The van der Waals surface area contributed by atoms with Gasteiger partial charge in [0.2, 0.25) is 0 Å². The molecule has 0 bridgehead atoms. The zero-order valence-electron chi connectivity index (χ0n) is 31.0. The molecular formula is C46H46N2O3. The van der Waals surface area contributed by atoms with Gasteiger partial charge in [0.15, 0.2) is 5.60 Å². The van der Waals surface area contributed by atoms with E-state index in [1.165, 1.54) is 34.2 Å². The van der Waals surface area contributed by atoms with Crippen LogP contribution in [0.25, 0.3) is 39.0 Å². The molecule has 0 radical (unpaired) electrons. The van der Waals surface area contributed by atoms with Crippen LogP contribution < -0.4 is 15.2 Å². The van der Waals surface area contributed by atoms with Crippen molar-refractivity contribution in [1.29, 1.82) is 0 Å². The lowest BCUT2D eigenvalue weighted by atomic mass is 9.52. The molecule has 9 rings (SSSR count). The number of aromatic nitrogens is 2. The SMILES string of the molecule is COc1ccc(C2(c3ccc(C)cc3)C=Cc3c4c(c5cc6c(cc5c3O2)n(C)c(=O)n6C)-c2ccccc2C42CC(C)(C)CC(C)(C)C2)cc1. The molecule has 3 aliphatic rings. The predicted molar refractivity (Wildman–Crippen MR) is 208 cm³/mol. The fourth-order valence-corrected chi connectivity index (χ4v) is 10.8. The van der Waals surface area contributed by atoms with E-state index in [1.54, 1.807) is 16.2 Å². The minimum Gasteiger partial charge on any atom is -0.497 e. The van der Waals surface area contributed by atoms with Crippen LogP contribution in [-0.2, 0) is 25.1 Å². The van der Waals surface area contributed by atoms with Crippen molar-refractivity contribution in [2.24, 2.45) is 24.9 Å². The molecular weight excluding hydrogens is 629 g/mol. The molecule has 1 aliphatic heterocycles. The topological polar surface area (TPSA) is 45.4 Å². The molecule has 5 aromatic carbocycles. The Balaban J connectivity index is 1.44. The Labute approximate surface area is 300 Å². The van der Waals surface area contributed by atoms with Crippen molar-refractivity contribution in [2.45, 2.75) is 64.9 Å². The molecule has 51 heavy (non-hydrogen) atoms. The summed E-state index contributed by atoms with van der Waals surface area (Å²) in [6, 6.07) is 30.5. The second kappa shape index (κ2) is 10.5. The van der Waals surface area contributed by atoms with Gasteiger partial charge in [-0.15, -0.1) is 0 Å². The lowest BCUT2D eigenvalue weighted by Crippen LogP contribution is -2.44. The normalized spacial score (nSPS) is 20.6. The van der Waals surface area contributed by atoms with E-state index >= 15 is 0 Å². The maximum atomic E-state index is 13.4. The highest BCUT2D eigenvalue weighted by atomic mass is 16.5. The fourth-order valence-electron chi connectivity index (χ4n) is 10.8. The van der Waals surface area contributed by atoms with E-state index in [1.807, 2.05) is 26.2 Å². The van der Waals surface area contributed by atoms with Gasteiger partial charge in [-0.3, -0.25) is 9.13 Å².